The molecule has 5 heteroatoms. The molecule has 4 fully saturated rings. The summed E-state index contributed by atoms with van der Waals surface area (Å²) in [6.07, 6.45) is 11.5. The Morgan fingerprint density at radius 2 is 1.68 bits per heavy atom. The SMILES string of the molecule is CC(=O)O[C@H]1CC[C@]2(C)C3CC[C@@]4(C)C(=C3[C@H](OC(C)=O)[C@@H]3O[C@@]32C1)CC[C@@H]4C(C)/C=C/C(C)C(C)C. The Hall–Kier alpha value is -1.62. The van der Waals surface area contributed by atoms with Crippen LogP contribution in [0.25, 0.3) is 0 Å². The van der Waals surface area contributed by atoms with Gasteiger partial charge in [-0.05, 0) is 79.1 Å². The Balaban J connectivity index is 1.50. The molecule has 0 aromatic rings. The molecule has 5 rings (SSSR count). The van der Waals surface area contributed by atoms with Crippen LogP contribution in [-0.4, -0.2) is 35.9 Å². The molecule has 0 N–H and O–H groups in total. The van der Waals surface area contributed by atoms with Gasteiger partial charge in [0.05, 0.1) is 0 Å². The van der Waals surface area contributed by atoms with Crippen molar-refractivity contribution in [2.45, 2.75) is 124 Å². The van der Waals surface area contributed by atoms with Gasteiger partial charge in [-0.25, -0.2) is 0 Å². The standard InChI is InChI=1S/C32H48O5/c1-18(2)19(3)9-10-20(4)24-11-12-25-27-26(14-15-30(24,25)7)31(8)16-13-23(35-21(5)33)17-32(31)29(37-32)28(27)36-22(6)34/h9-10,18-20,23-24,26,28-29H,11-17H2,1-8H3/b10-9+/t19?,20?,23-,24+,26?,28-,29-,30+,31+,32-/m0/s1. The Kier molecular flexibility index (Phi) is 6.74. The molecule has 5 nitrogen and oxygen atoms in total. The predicted molar refractivity (Wildman–Crippen MR) is 144 cm³/mol. The average Bonchev–Trinajstić information content (AvgIpc) is 3.43. The summed E-state index contributed by atoms with van der Waals surface area (Å²) in [5, 5.41) is 0. The monoisotopic (exact) mass is 512 g/mol. The molecular formula is C32H48O5. The van der Waals surface area contributed by atoms with Crippen LogP contribution in [0, 0.1) is 40.4 Å². The minimum Gasteiger partial charge on any atom is -0.462 e. The molecule has 1 aliphatic heterocycles. The largest absolute Gasteiger partial charge is 0.462 e. The highest BCUT2D eigenvalue weighted by atomic mass is 16.7. The summed E-state index contributed by atoms with van der Waals surface area (Å²) in [6.45, 7) is 17.2. The van der Waals surface area contributed by atoms with Crippen LogP contribution in [0.15, 0.2) is 23.3 Å². The van der Waals surface area contributed by atoms with Gasteiger partial charge in [-0.3, -0.25) is 9.59 Å². The minimum atomic E-state index is -0.366. The molecule has 1 heterocycles. The lowest BCUT2D eigenvalue weighted by molar-refractivity contribution is -0.153. The minimum absolute atomic E-state index is 0.0229. The fourth-order valence-corrected chi connectivity index (χ4v) is 9.07. The first kappa shape index (κ1) is 27.0. The summed E-state index contributed by atoms with van der Waals surface area (Å²) < 4.78 is 18.4. The number of carbonyl (C=O) groups excluding carboxylic acids is 2. The first-order chi connectivity index (χ1) is 17.3. The van der Waals surface area contributed by atoms with E-state index in [1.165, 1.54) is 32.3 Å². The number of hydrogen-bond acceptors (Lipinski definition) is 5. The van der Waals surface area contributed by atoms with Crippen molar-refractivity contribution in [1.29, 1.82) is 0 Å². The maximum atomic E-state index is 12.4. The first-order valence-electron chi connectivity index (χ1n) is 14.8. The summed E-state index contributed by atoms with van der Waals surface area (Å²) in [6, 6.07) is 0. The van der Waals surface area contributed by atoms with Gasteiger partial charge in [-0.1, -0.05) is 59.3 Å². The highest BCUT2D eigenvalue weighted by Gasteiger charge is 2.78. The van der Waals surface area contributed by atoms with Gasteiger partial charge in [0.2, 0.25) is 0 Å². The second-order valence-electron chi connectivity index (χ2n) is 13.8. The van der Waals surface area contributed by atoms with Crippen LogP contribution in [0.3, 0.4) is 0 Å². The van der Waals surface area contributed by atoms with Crippen molar-refractivity contribution in [3.63, 3.8) is 0 Å². The van der Waals surface area contributed by atoms with E-state index >= 15 is 0 Å². The maximum absolute atomic E-state index is 12.4. The van der Waals surface area contributed by atoms with Crippen LogP contribution in [-0.2, 0) is 23.8 Å². The van der Waals surface area contributed by atoms with E-state index in [0.29, 0.717) is 36.0 Å². The summed E-state index contributed by atoms with van der Waals surface area (Å²) >= 11 is 0. The van der Waals surface area contributed by atoms with E-state index in [9.17, 15) is 9.59 Å². The molecule has 3 saturated carbocycles. The van der Waals surface area contributed by atoms with Crippen LogP contribution < -0.4 is 0 Å². The third kappa shape index (κ3) is 4.13. The molecule has 0 aromatic heterocycles. The van der Waals surface area contributed by atoms with E-state index in [1.54, 1.807) is 5.57 Å². The fraction of sp³-hybridized carbons (Fsp3) is 0.812. The van der Waals surface area contributed by atoms with Crippen molar-refractivity contribution in [3.8, 4) is 0 Å². The topological polar surface area (TPSA) is 65.1 Å². The number of hydrogen-bond donors (Lipinski definition) is 0. The Morgan fingerprint density at radius 1 is 0.973 bits per heavy atom. The Morgan fingerprint density at radius 3 is 2.32 bits per heavy atom. The second-order valence-corrected chi connectivity index (χ2v) is 13.8. The normalized spacial score (nSPS) is 44.0. The molecule has 1 spiro atoms. The number of allylic oxidation sites excluding steroid dienone is 3. The zero-order valence-corrected chi connectivity index (χ0v) is 24.3. The van der Waals surface area contributed by atoms with Crippen molar-refractivity contribution in [3.05, 3.63) is 23.3 Å². The van der Waals surface area contributed by atoms with Crippen molar-refractivity contribution >= 4 is 11.9 Å². The molecule has 206 valence electrons. The summed E-state index contributed by atoms with van der Waals surface area (Å²) in [4.78, 5) is 24.1. The molecule has 4 aliphatic carbocycles. The van der Waals surface area contributed by atoms with E-state index in [0.717, 1.165) is 25.7 Å². The van der Waals surface area contributed by atoms with Gasteiger partial charge < -0.3 is 14.2 Å². The van der Waals surface area contributed by atoms with Crippen molar-refractivity contribution < 1.29 is 23.8 Å². The van der Waals surface area contributed by atoms with Gasteiger partial charge in [0.25, 0.3) is 0 Å². The van der Waals surface area contributed by atoms with Gasteiger partial charge in [-0.15, -0.1) is 0 Å². The van der Waals surface area contributed by atoms with Gasteiger partial charge >= 0.3 is 11.9 Å². The van der Waals surface area contributed by atoms with Gasteiger partial charge in [0, 0.05) is 25.7 Å². The molecule has 0 amide bonds. The number of rotatable bonds is 6. The molecule has 0 bridgehead atoms. The molecule has 10 atom stereocenters. The summed E-state index contributed by atoms with van der Waals surface area (Å²) in [5.41, 5.74) is 2.70. The quantitative estimate of drug-likeness (QED) is 0.222. The smallest absolute Gasteiger partial charge is 0.303 e. The van der Waals surface area contributed by atoms with Crippen LogP contribution in [0.5, 0.6) is 0 Å². The van der Waals surface area contributed by atoms with Crippen molar-refractivity contribution in [1.82, 2.24) is 0 Å². The van der Waals surface area contributed by atoms with Crippen molar-refractivity contribution in [2.24, 2.45) is 40.4 Å². The molecule has 5 aliphatic rings. The second kappa shape index (κ2) is 9.24. The fourth-order valence-electron chi connectivity index (χ4n) is 9.07. The highest BCUT2D eigenvalue weighted by Crippen LogP contribution is 2.73. The van der Waals surface area contributed by atoms with E-state index in [-0.39, 0.29) is 46.7 Å². The summed E-state index contributed by atoms with van der Waals surface area (Å²) in [7, 11) is 0. The summed E-state index contributed by atoms with van der Waals surface area (Å²) in [5.74, 6) is 2.24. The van der Waals surface area contributed by atoms with Crippen molar-refractivity contribution in [2.75, 3.05) is 0 Å². The first-order valence-corrected chi connectivity index (χ1v) is 14.8. The average molecular weight is 513 g/mol. The lowest BCUT2D eigenvalue weighted by atomic mass is 9.48. The van der Waals surface area contributed by atoms with Gasteiger partial charge in [0.15, 0.2) is 6.10 Å². The maximum Gasteiger partial charge on any atom is 0.303 e. The molecule has 3 unspecified atom stereocenters. The molecular weight excluding hydrogens is 464 g/mol. The zero-order chi connectivity index (χ0) is 26.9. The van der Waals surface area contributed by atoms with Crippen LogP contribution in [0.4, 0.5) is 0 Å². The third-order valence-electron chi connectivity index (χ3n) is 11.5. The van der Waals surface area contributed by atoms with E-state index in [4.69, 9.17) is 14.2 Å². The number of carbonyl (C=O) groups is 2. The molecule has 0 radical (unpaired) electrons. The number of fused-ring (bicyclic) bond motifs is 3. The van der Waals surface area contributed by atoms with Gasteiger partial charge in [0.1, 0.15) is 17.8 Å². The lowest BCUT2D eigenvalue weighted by Gasteiger charge is -2.56. The number of esters is 2. The number of ether oxygens (including phenoxy) is 3. The van der Waals surface area contributed by atoms with Gasteiger partial charge in [-0.2, -0.15) is 0 Å². The predicted octanol–water partition coefficient (Wildman–Crippen LogP) is 6.80. The van der Waals surface area contributed by atoms with E-state index in [2.05, 4.69) is 53.7 Å². The molecule has 37 heavy (non-hydrogen) atoms. The lowest BCUT2D eigenvalue weighted by Crippen LogP contribution is -2.58. The third-order valence-corrected chi connectivity index (χ3v) is 11.5. The molecule has 1 saturated heterocycles. The Labute approximate surface area is 223 Å². The molecule has 0 aromatic carbocycles. The highest BCUT2D eigenvalue weighted by molar-refractivity contribution is 5.67. The number of epoxide rings is 1. The van der Waals surface area contributed by atoms with Crippen LogP contribution in [0.1, 0.15) is 100 Å². The van der Waals surface area contributed by atoms with E-state index < -0.39 is 0 Å². The van der Waals surface area contributed by atoms with Crippen LogP contribution in [0.2, 0.25) is 0 Å². The zero-order valence-electron chi connectivity index (χ0n) is 24.3. The van der Waals surface area contributed by atoms with E-state index in [1.807, 2.05) is 0 Å². The van der Waals surface area contributed by atoms with Crippen LogP contribution >= 0.6 is 0 Å². The Bertz CT molecular complexity index is 1010.